The van der Waals surface area contributed by atoms with Crippen molar-refractivity contribution in [3.63, 3.8) is 0 Å². The van der Waals surface area contributed by atoms with Crippen LogP contribution in [-0.2, 0) is 5.54 Å². The molecule has 198 valence electrons. The lowest BCUT2D eigenvalue weighted by Gasteiger charge is -2.38. The Morgan fingerprint density at radius 3 is 2.23 bits per heavy atom. The Morgan fingerprint density at radius 1 is 0.875 bits per heavy atom. The van der Waals surface area contributed by atoms with Gasteiger partial charge in [-0.1, -0.05) is 66.7 Å². The van der Waals surface area contributed by atoms with Crippen LogP contribution in [0.25, 0.3) is 22.3 Å². The van der Waals surface area contributed by atoms with E-state index in [1.807, 2.05) is 42.5 Å². The van der Waals surface area contributed by atoms with Crippen molar-refractivity contribution >= 4 is 16.8 Å². The Morgan fingerprint density at radius 2 is 1.52 bits per heavy atom. The molecule has 1 saturated heterocycles. The summed E-state index contributed by atoms with van der Waals surface area (Å²) in [4.78, 5) is 27.7. The van der Waals surface area contributed by atoms with Gasteiger partial charge in [0.15, 0.2) is 5.78 Å². The first-order chi connectivity index (χ1) is 19.4. The molecule has 4 aromatic carbocycles. The number of methoxy groups -OCH3 is 1. The summed E-state index contributed by atoms with van der Waals surface area (Å²) in [5, 5.41) is 0. The number of hydrogen-bond acceptors (Lipinski definition) is 5. The van der Waals surface area contributed by atoms with Crippen molar-refractivity contribution in [2.75, 3.05) is 20.7 Å². The summed E-state index contributed by atoms with van der Waals surface area (Å²) in [6.45, 7) is 4.92. The second-order valence-corrected chi connectivity index (χ2v) is 11.1. The molecule has 40 heavy (non-hydrogen) atoms. The van der Waals surface area contributed by atoms with Gasteiger partial charge < -0.3 is 4.74 Å². The first-order valence-electron chi connectivity index (χ1n) is 13.8. The lowest BCUT2D eigenvalue weighted by molar-refractivity contribution is 0.0807. The largest absolute Gasteiger partial charge is 0.497 e. The van der Waals surface area contributed by atoms with Crippen LogP contribution in [-0.4, -0.2) is 41.4 Å². The van der Waals surface area contributed by atoms with Gasteiger partial charge in [0.25, 0.3) is 0 Å². The van der Waals surface area contributed by atoms with Crippen molar-refractivity contribution in [1.82, 2.24) is 14.9 Å². The average Bonchev–Trinajstić information content (AvgIpc) is 3.45. The molecule has 1 spiro atoms. The molecule has 5 nitrogen and oxygen atoms in total. The highest BCUT2D eigenvalue weighted by Gasteiger charge is 2.62. The molecule has 2 heterocycles. The van der Waals surface area contributed by atoms with Crippen LogP contribution in [0.3, 0.4) is 0 Å². The summed E-state index contributed by atoms with van der Waals surface area (Å²) < 4.78 is 5.45. The first-order valence-corrected chi connectivity index (χ1v) is 13.8. The van der Waals surface area contributed by atoms with Gasteiger partial charge in [0.2, 0.25) is 0 Å². The summed E-state index contributed by atoms with van der Waals surface area (Å²) in [7, 11) is 3.81. The summed E-state index contributed by atoms with van der Waals surface area (Å²) in [6.07, 6.45) is 0. The molecule has 1 unspecified atom stereocenters. The SMILES string of the molecule is COc1ccc([C@@H]2CN(C)C3(c4ccccc4-c4nc5cc(C)c(C)cc5nc43)[C@H]2C(=O)c2ccccc2)cc1. The highest BCUT2D eigenvalue weighted by Crippen LogP contribution is 2.60. The van der Waals surface area contributed by atoms with E-state index in [4.69, 9.17) is 14.7 Å². The second kappa shape index (κ2) is 9.10. The van der Waals surface area contributed by atoms with Crippen LogP contribution in [0.2, 0.25) is 0 Å². The van der Waals surface area contributed by atoms with Gasteiger partial charge in [-0.2, -0.15) is 0 Å². The molecule has 3 atom stereocenters. The first kappa shape index (κ1) is 24.7. The summed E-state index contributed by atoms with van der Waals surface area (Å²) in [5.41, 5.74) is 9.08. The lowest BCUT2D eigenvalue weighted by atomic mass is 9.70. The van der Waals surface area contributed by atoms with E-state index in [1.54, 1.807) is 7.11 Å². The molecule has 5 heteroatoms. The van der Waals surface area contributed by atoms with Crippen molar-refractivity contribution in [2.24, 2.45) is 5.92 Å². The van der Waals surface area contributed by atoms with Gasteiger partial charge in [-0.3, -0.25) is 9.69 Å². The Labute approximate surface area is 234 Å². The van der Waals surface area contributed by atoms with E-state index in [-0.39, 0.29) is 11.7 Å². The van der Waals surface area contributed by atoms with Gasteiger partial charge in [0, 0.05) is 23.6 Å². The van der Waals surface area contributed by atoms with Crippen molar-refractivity contribution in [3.05, 3.63) is 125 Å². The molecule has 2 aliphatic rings. The second-order valence-electron chi connectivity index (χ2n) is 11.1. The van der Waals surface area contributed by atoms with Crippen LogP contribution < -0.4 is 4.74 Å². The number of carbonyl (C=O) groups excluding carboxylic acids is 1. The van der Waals surface area contributed by atoms with Crippen LogP contribution in [0.5, 0.6) is 5.75 Å². The third-order valence-electron chi connectivity index (χ3n) is 9.04. The maximum atomic E-state index is 14.7. The van der Waals surface area contributed by atoms with E-state index in [0.29, 0.717) is 12.1 Å². The van der Waals surface area contributed by atoms with Gasteiger partial charge in [-0.15, -0.1) is 0 Å². The number of carbonyl (C=O) groups is 1. The number of aryl methyl sites for hydroxylation is 2. The number of fused-ring (bicyclic) bond motifs is 6. The quantitative estimate of drug-likeness (QED) is 0.244. The number of likely N-dealkylation sites (N-methyl/N-ethyl adjacent to an activating group) is 1. The third-order valence-corrected chi connectivity index (χ3v) is 9.04. The van der Waals surface area contributed by atoms with Crippen LogP contribution in [0, 0.1) is 19.8 Å². The van der Waals surface area contributed by atoms with Gasteiger partial charge in [-0.05, 0) is 67.4 Å². The number of ether oxygens (including phenoxy) is 1. The van der Waals surface area contributed by atoms with Crippen molar-refractivity contribution in [2.45, 2.75) is 25.3 Å². The van der Waals surface area contributed by atoms with Crippen molar-refractivity contribution in [1.29, 1.82) is 0 Å². The zero-order valence-electron chi connectivity index (χ0n) is 23.2. The van der Waals surface area contributed by atoms with Crippen LogP contribution in [0.4, 0.5) is 0 Å². The maximum absolute atomic E-state index is 14.7. The van der Waals surface area contributed by atoms with E-state index >= 15 is 0 Å². The molecule has 7 rings (SSSR count). The third kappa shape index (κ3) is 3.40. The van der Waals surface area contributed by atoms with Crippen molar-refractivity contribution < 1.29 is 9.53 Å². The predicted molar refractivity (Wildman–Crippen MR) is 158 cm³/mol. The standard InChI is InChI=1S/C35H31N3O2/c1-21-18-29-30(19-22(21)2)37-34-32(36-29)26-12-8-9-13-28(26)35(34)31(33(39)24-10-6-5-7-11-24)27(20-38(35)3)23-14-16-25(40-4)17-15-23/h5-19,27,31H,20H2,1-4H3/t27-,31+,35?/m0/s1. The number of rotatable bonds is 4. The Balaban J connectivity index is 1.53. The highest BCUT2D eigenvalue weighted by atomic mass is 16.5. The van der Waals surface area contributed by atoms with E-state index in [2.05, 4.69) is 74.3 Å². The number of Topliss-reactive ketones (excluding diaryl/α,β-unsaturated/α-hetero) is 1. The molecular formula is C35H31N3O2. The van der Waals surface area contributed by atoms with Crippen LogP contribution in [0.1, 0.15) is 44.2 Å². The molecule has 0 N–H and O–H groups in total. The minimum absolute atomic E-state index is 0.0557. The van der Waals surface area contributed by atoms with E-state index in [9.17, 15) is 4.79 Å². The molecule has 1 aliphatic carbocycles. The van der Waals surface area contributed by atoms with Crippen molar-refractivity contribution in [3.8, 4) is 17.0 Å². The van der Waals surface area contributed by atoms with Gasteiger partial charge in [0.1, 0.15) is 11.3 Å². The molecule has 1 fully saturated rings. The van der Waals surface area contributed by atoms with Gasteiger partial charge in [-0.25, -0.2) is 9.97 Å². The molecule has 1 aromatic heterocycles. The Kier molecular flexibility index (Phi) is 5.62. The lowest BCUT2D eigenvalue weighted by Crippen LogP contribution is -2.46. The van der Waals surface area contributed by atoms with E-state index in [1.165, 1.54) is 11.1 Å². The zero-order valence-corrected chi connectivity index (χ0v) is 23.2. The number of ketones is 1. The summed E-state index contributed by atoms with van der Waals surface area (Å²) in [6, 6.07) is 30.5. The summed E-state index contributed by atoms with van der Waals surface area (Å²) >= 11 is 0. The minimum atomic E-state index is -0.760. The fourth-order valence-corrected chi connectivity index (χ4v) is 6.99. The number of nitrogens with zero attached hydrogens (tertiary/aromatic N) is 3. The maximum Gasteiger partial charge on any atom is 0.169 e. The van der Waals surface area contributed by atoms with Crippen LogP contribution >= 0.6 is 0 Å². The molecule has 0 saturated carbocycles. The van der Waals surface area contributed by atoms with Gasteiger partial charge in [0.05, 0.1) is 35.4 Å². The number of aromatic nitrogens is 2. The normalized spacial score (nSPS) is 21.5. The average molecular weight is 526 g/mol. The van der Waals surface area contributed by atoms with Gasteiger partial charge >= 0.3 is 0 Å². The monoisotopic (exact) mass is 525 g/mol. The topological polar surface area (TPSA) is 55.3 Å². The number of benzene rings is 4. The number of likely N-dealkylation sites (tertiary alicyclic amines) is 1. The van der Waals surface area contributed by atoms with E-state index in [0.717, 1.165) is 44.9 Å². The molecule has 5 aromatic rings. The predicted octanol–water partition coefficient (Wildman–Crippen LogP) is 6.71. The minimum Gasteiger partial charge on any atom is -0.497 e. The zero-order chi connectivity index (χ0) is 27.6. The Hall–Kier alpha value is -4.35. The highest BCUT2D eigenvalue weighted by molar-refractivity contribution is 6.01. The summed E-state index contributed by atoms with van der Waals surface area (Å²) in [5.74, 6) is 0.458. The molecule has 0 radical (unpaired) electrons. The smallest absolute Gasteiger partial charge is 0.169 e. The fraction of sp³-hybridized carbons (Fsp3) is 0.229. The fourth-order valence-electron chi connectivity index (χ4n) is 6.99. The molecule has 0 bridgehead atoms. The molecule has 1 aliphatic heterocycles. The van der Waals surface area contributed by atoms with Crippen LogP contribution in [0.15, 0.2) is 91.0 Å². The molecular weight excluding hydrogens is 494 g/mol. The Bertz CT molecular complexity index is 1780. The van der Waals surface area contributed by atoms with E-state index < -0.39 is 11.5 Å². The number of hydrogen-bond donors (Lipinski definition) is 0. The molecule has 0 amide bonds.